The monoisotopic (exact) mass is 610 g/mol. The molecule has 0 radical (unpaired) electrons. The van der Waals surface area contributed by atoms with E-state index in [2.05, 4.69) is 157 Å². The first-order valence-electron chi connectivity index (χ1n) is 15.0. The number of hydrogen-bond acceptors (Lipinski definition) is 4. The molecule has 212 valence electrons. The normalized spacial score (nSPS) is 11.6. The molecule has 3 aromatic heterocycles. The molecule has 0 aliphatic carbocycles. The van der Waals surface area contributed by atoms with Crippen molar-refractivity contribution in [1.29, 1.82) is 0 Å². The molecule has 6 aromatic carbocycles. The zero-order valence-corrected chi connectivity index (χ0v) is 25.9. The smallest absolute Gasteiger partial charge is 0.0795 e. The van der Waals surface area contributed by atoms with E-state index >= 15 is 0 Å². The summed E-state index contributed by atoms with van der Waals surface area (Å²) >= 11 is 3.68. The maximum absolute atomic E-state index is 4.89. The van der Waals surface area contributed by atoms with Crippen LogP contribution in [0.3, 0.4) is 0 Å². The van der Waals surface area contributed by atoms with E-state index in [1.165, 1.54) is 57.2 Å². The third-order valence-electron chi connectivity index (χ3n) is 8.54. The van der Waals surface area contributed by atoms with Crippen molar-refractivity contribution in [2.24, 2.45) is 0 Å². The Labute approximate surface area is 269 Å². The summed E-state index contributed by atoms with van der Waals surface area (Å²) in [6.45, 7) is 0. The second-order valence-corrected chi connectivity index (χ2v) is 13.3. The fourth-order valence-electron chi connectivity index (χ4n) is 6.46. The number of benzene rings is 6. The zero-order chi connectivity index (χ0) is 29.7. The lowest BCUT2D eigenvalue weighted by Crippen LogP contribution is -2.10. The van der Waals surface area contributed by atoms with Crippen molar-refractivity contribution in [3.05, 3.63) is 158 Å². The predicted molar refractivity (Wildman–Crippen MR) is 196 cm³/mol. The Morgan fingerprint density at radius 2 is 0.933 bits per heavy atom. The van der Waals surface area contributed by atoms with Gasteiger partial charge in [0.25, 0.3) is 0 Å². The Bertz CT molecular complexity index is 2470. The van der Waals surface area contributed by atoms with Crippen LogP contribution >= 0.6 is 22.7 Å². The Balaban J connectivity index is 1.21. The molecule has 0 spiro atoms. The van der Waals surface area contributed by atoms with Gasteiger partial charge in [-0.2, -0.15) is 0 Å². The summed E-state index contributed by atoms with van der Waals surface area (Å²) in [5, 5.41) is 5.07. The fraction of sp³-hybridized carbons (Fsp3) is 0. The first-order chi connectivity index (χ1) is 22.3. The van der Waals surface area contributed by atoms with Gasteiger partial charge in [-0.05, 0) is 65.7 Å². The van der Waals surface area contributed by atoms with Gasteiger partial charge in [0, 0.05) is 63.5 Å². The van der Waals surface area contributed by atoms with Gasteiger partial charge >= 0.3 is 0 Å². The number of fused-ring (bicyclic) bond motifs is 6. The molecule has 45 heavy (non-hydrogen) atoms. The lowest BCUT2D eigenvalue weighted by atomic mass is 10.0. The summed E-state index contributed by atoms with van der Waals surface area (Å²) in [4.78, 5) is 7.29. The Morgan fingerprint density at radius 3 is 1.62 bits per heavy atom. The molecule has 0 amide bonds. The number of thiophene rings is 2. The summed E-state index contributed by atoms with van der Waals surface area (Å²) in [5.41, 5.74) is 7.97. The van der Waals surface area contributed by atoms with E-state index in [0.717, 1.165) is 22.6 Å². The number of nitrogens with zero attached hydrogens (tertiary/aromatic N) is 2. The van der Waals surface area contributed by atoms with Crippen LogP contribution in [-0.2, 0) is 0 Å². The second-order valence-electron chi connectivity index (χ2n) is 11.2. The highest BCUT2D eigenvalue weighted by atomic mass is 32.1. The fourth-order valence-corrected chi connectivity index (χ4v) is 8.69. The average molecular weight is 611 g/mol. The molecule has 0 unspecified atom stereocenters. The van der Waals surface area contributed by atoms with E-state index in [-0.39, 0.29) is 0 Å². The molecule has 0 aliphatic rings. The molecule has 0 fully saturated rings. The number of anilines is 3. The molecular weight excluding hydrogens is 585 g/mol. The van der Waals surface area contributed by atoms with Crippen LogP contribution in [0.2, 0.25) is 0 Å². The first kappa shape index (κ1) is 26.1. The van der Waals surface area contributed by atoms with Gasteiger partial charge in [-0.15, -0.1) is 22.7 Å². The summed E-state index contributed by atoms with van der Waals surface area (Å²) in [6.07, 6.45) is 1.93. The van der Waals surface area contributed by atoms with Crippen molar-refractivity contribution in [3.63, 3.8) is 0 Å². The standard InChI is InChI=1S/C41H26N2S2/c1-2-9-27(10-3-1)28-17-21-30(22-18-28)43(34-13-8-16-37-39(34)32-11-4-6-14-35(32)44-37)31-23-19-29(20-24-31)41-40-33-12-5-7-15-36(33)45-38(40)25-26-42-41/h1-26H. The number of hydrogen-bond donors (Lipinski definition) is 0. The molecule has 2 nitrogen and oxygen atoms in total. The maximum Gasteiger partial charge on any atom is 0.0795 e. The van der Waals surface area contributed by atoms with Crippen LogP contribution in [-0.4, -0.2) is 4.98 Å². The third-order valence-corrected chi connectivity index (χ3v) is 10.8. The van der Waals surface area contributed by atoms with E-state index in [1.54, 1.807) is 0 Å². The van der Waals surface area contributed by atoms with Gasteiger partial charge in [-0.3, -0.25) is 4.98 Å². The predicted octanol–water partition coefficient (Wildman–Crippen LogP) is 12.6. The Kier molecular flexibility index (Phi) is 6.22. The molecule has 3 heterocycles. The molecule has 0 saturated heterocycles. The minimum Gasteiger partial charge on any atom is -0.310 e. The molecule has 4 heteroatoms. The summed E-state index contributed by atoms with van der Waals surface area (Å²) in [5.74, 6) is 0. The first-order valence-corrected chi connectivity index (χ1v) is 16.7. The highest BCUT2D eigenvalue weighted by Gasteiger charge is 2.19. The topological polar surface area (TPSA) is 16.1 Å². The molecular formula is C41H26N2S2. The van der Waals surface area contributed by atoms with Crippen molar-refractivity contribution in [1.82, 2.24) is 4.98 Å². The van der Waals surface area contributed by atoms with Gasteiger partial charge in [0.1, 0.15) is 0 Å². The average Bonchev–Trinajstić information content (AvgIpc) is 3.68. The zero-order valence-electron chi connectivity index (χ0n) is 24.2. The Morgan fingerprint density at radius 1 is 0.400 bits per heavy atom. The second kappa shape index (κ2) is 10.7. The maximum atomic E-state index is 4.89. The summed E-state index contributed by atoms with van der Waals surface area (Å²) in [7, 11) is 0. The summed E-state index contributed by atoms with van der Waals surface area (Å²) in [6, 6.07) is 54.6. The third kappa shape index (κ3) is 4.41. The molecule has 0 saturated carbocycles. The van der Waals surface area contributed by atoms with Crippen LogP contribution in [0.1, 0.15) is 0 Å². The van der Waals surface area contributed by atoms with Crippen molar-refractivity contribution in [3.8, 4) is 22.4 Å². The minimum atomic E-state index is 1.03. The van der Waals surface area contributed by atoms with E-state index in [0.29, 0.717) is 0 Å². The van der Waals surface area contributed by atoms with Crippen LogP contribution in [0.25, 0.3) is 62.7 Å². The van der Waals surface area contributed by atoms with Crippen molar-refractivity contribution in [2.75, 3.05) is 4.90 Å². The number of aromatic nitrogens is 1. The summed E-state index contributed by atoms with van der Waals surface area (Å²) < 4.78 is 5.15. The van der Waals surface area contributed by atoms with E-state index in [9.17, 15) is 0 Å². The molecule has 0 aliphatic heterocycles. The number of rotatable bonds is 5. The van der Waals surface area contributed by atoms with E-state index in [4.69, 9.17) is 4.98 Å². The molecule has 0 atom stereocenters. The molecule has 0 N–H and O–H groups in total. The Hall–Kier alpha value is -5.29. The van der Waals surface area contributed by atoms with Gasteiger partial charge in [-0.25, -0.2) is 0 Å². The van der Waals surface area contributed by atoms with Gasteiger partial charge in [-0.1, -0.05) is 97.1 Å². The molecule has 9 aromatic rings. The molecule has 9 rings (SSSR count). The van der Waals surface area contributed by atoms with Crippen LogP contribution in [0.4, 0.5) is 17.1 Å². The number of pyridine rings is 1. The van der Waals surface area contributed by atoms with Crippen molar-refractivity contribution >= 4 is 80.1 Å². The SMILES string of the molecule is c1ccc(-c2ccc(N(c3ccc(-c4nccc5sc6ccccc6c45)cc3)c3cccc4sc5ccccc5c34)cc2)cc1. The lowest BCUT2D eigenvalue weighted by Gasteiger charge is -2.27. The van der Waals surface area contributed by atoms with Gasteiger partial charge in [0.05, 0.1) is 11.4 Å². The van der Waals surface area contributed by atoms with E-state index in [1.807, 2.05) is 28.9 Å². The lowest BCUT2D eigenvalue weighted by molar-refractivity contribution is 1.30. The van der Waals surface area contributed by atoms with Crippen LogP contribution in [0, 0.1) is 0 Å². The van der Waals surface area contributed by atoms with E-state index < -0.39 is 0 Å². The highest BCUT2D eigenvalue weighted by Crippen LogP contribution is 2.46. The van der Waals surface area contributed by atoms with Crippen LogP contribution in [0.5, 0.6) is 0 Å². The van der Waals surface area contributed by atoms with Gasteiger partial charge < -0.3 is 4.90 Å². The minimum absolute atomic E-state index is 1.03. The molecule has 0 bridgehead atoms. The van der Waals surface area contributed by atoms with Gasteiger partial charge in [0.15, 0.2) is 0 Å². The van der Waals surface area contributed by atoms with Gasteiger partial charge in [0.2, 0.25) is 0 Å². The van der Waals surface area contributed by atoms with Crippen LogP contribution in [0.15, 0.2) is 158 Å². The van der Waals surface area contributed by atoms with Crippen molar-refractivity contribution in [2.45, 2.75) is 0 Å². The quantitative estimate of drug-likeness (QED) is 0.193. The highest BCUT2D eigenvalue weighted by molar-refractivity contribution is 7.26. The van der Waals surface area contributed by atoms with Crippen molar-refractivity contribution < 1.29 is 0 Å². The largest absolute Gasteiger partial charge is 0.310 e. The van der Waals surface area contributed by atoms with Crippen LogP contribution < -0.4 is 4.90 Å².